The number of nitrogens with one attached hydrogen (secondary N) is 1. The van der Waals surface area contributed by atoms with Crippen LogP contribution in [-0.4, -0.2) is 46.4 Å². The highest BCUT2D eigenvalue weighted by Gasteiger charge is 2.26. The van der Waals surface area contributed by atoms with Crippen molar-refractivity contribution >= 4 is 26.4 Å². The third-order valence-corrected chi connectivity index (χ3v) is 5.07. The molecule has 0 radical (unpaired) electrons. The van der Waals surface area contributed by atoms with Crippen molar-refractivity contribution in [1.29, 1.82) is 4.78 Å². The summed E-state index contributed by atoms with van der Waals surface area (Å²) in [5.74, 6) is 2.36. The first kappa shape index (κ1) is 15.0. The lowest BCUT2D eigenvalue weighted by Crippen LogP contribution is -2.23. The third-order valence-electron chi connectivity index (χ3n) is 3.97. The third kappa shape index (κ3) is 2.99. The predicted octanol–water partition coefficient (Wildman–Crippen LogP) is 2.14. The molecule has 2 heterocycles. The summed E-state index contributed by atoms with van der Waals surface area (Å²) in [7, 11) is -0.812. The summed E-state index contributed by atoms with van der Waals surface area (Å²) in [4.78, 5) is 11.0. The van der Waals surface area contributed by atoms with Crippen LogP contribution in [0.3, 0.4) is 0 Å². The topological polar surface area (TPSA) is 79.2 Å². The van der Waals surface area contributed by atoms with Crippen LogP contribution in [0.25, 0.3) is 10.9 Å². The molecule has 1 aliphatic rings. The lowest BCUT2D eigenvalue weighted by atomic mass is 10.2. The van der Waals surface area contributed by atoms with E-state index < -0.39 is 9.73 Å². The highest BCUT2D eigenvalue weighted by atomic mass is 32.2. The first-order chi connectivity index (χ1) is 10.5. The largest absolute Gasteiger partial charge is 0.494 e. The molecule has 1 fully saturated rings. The Hall–Kier alpha value is -1.89. The summed E-state index contributed by atoms with van der Waals surface area (Å²) >= 11 is 0. The molecule has 0 amide bonds. The van der Waals surface area contributed by atoms with E-state index in [-0.39, 0.29) is 5.92 Å². The zero-order valence-corrected chi connectivity index (χ0v) is 13.6. The molecule has 2 atom stereocenters. The van der Waals surface area contributed by atoms with Crippen LogP contribution < -0.4 is 9.64 Å². The van der Waals surface area contributed by atoms with Crippen LogP contribution in [0, 0.1) is 10.7 Å². The van der Waals surface area contributed by atoms with Gasteiger partial charge in [0, 0.05) is 40.2 Å². The zero-order chi connectivity index (χ0) is 15.7. The van der Waals surface area contributed by atoms with Gasteiger partial charge in [0.2, 0.25) is 0 Å². The number of fused-ring (bicyclic) bond motifs is 1. The molecular weight excluding hydrogens is 300 g/mol. The molecule has 0 unspecified atom stereocenters. The van der Waals surface area contributed by atoms with Gasteiger partial charge in [0.15, 0.2) is 0 Å². The molecule has 7 heteroatoms. The molecule has 6 nitrogen and oxygen atoms in total. The second-order valence-corrected chi connectivity index (χ2v) is 8.17. The van der Waals surface area contributed by atoms with Gasteiger partial charge in [-0.1, -0.05) is 6.07 Å². The van der Waals surface area contributed by atoms with Crippen molar-refractivity contribution < 1.29 is 8.95 Å². The summed E-state index contributed by atoms with van der Waals surface area (Å²) in [6, 6.07) is 5.82. The number of hydrogen-bond acceptors (Lipinski definition) is 6. The molecule has 1 aromatic heterocycles. The lowest BCUT2D eigenvalue weighted by molar-refractivity contribution is 0.419. The number of aromatic nitrogens is 2. The standard InChI is InChI=1S/C15H20N4O2S/c1-21-13-5-3-4-12-14(13)17-10-18-15(12)19-7-6-11(8-19)9-22(2,16)20/h3-5,10-11,16H,6-9H2,1-2H3/t11-,22+/m0/s1. The summed E-state index contributed by atoms with van der Waals surface area (Å²) < 4.78 is 24.7. The number of hydrogen-bond donors (Lipinski definition) is 1. The molecule has 3 rings (SSSR count). The monoisotopic (exact) mass is 320 g/mol. The summed E-state index contributed by atoms with van der Waals surface area (Å²) in [6.07, 6.45) is 4.01. The van der Waals surface area contributed by atoms with E-state index in [1.165, 1.54) is 6.26 Å². The van der Waals surface area contributed by atoms with Gasteiger partial charge in [-0.15, -0.1) is 0 Å². The molecular formula is C15H20N4O2S. The Morgan fingerprint density at radius 3 is 3.00 bits per heavy atom. The van der Waals surface area contributed by atoms with E-state index in [4.69, 9.17) is 9.52 Å². The number of methoxy groups -OCH3 is 1. The fraction of sp³-hybridized carbons (Fsp3) is 0.467. The molecule has 0 aliphatic carbocycles. The molecule has 22 heavy (non-hydrogen) atoms. The van der Waals surface area contributed by atoms with E-state index >= 15 is 0 Å². The van der Waals surface area contributed by atoms with E-state index in [0.29, 0.717) is 5.75 Å². The maximum Gasteiger partial charge on any atom is 0.145 e. The van der Waals surface area contributed by atoms with Gasteiger partial charge in [-0.2, -0.15) is 0 Å². The van der Waals surface area contributed by atoms with Crippen molar-refractivity contribution in [2.75, 3.05) is 37.1 Å². The van der Waals surface area contributed by atoms with Crippen LogP contribution in [0.2, 0.25) is 0 Å². The fourth-order valence-corrected chi connectivity index (χ4v) is 4.25. The molecule has 0 bridgehead atoms. The van der Waals surface area contributed by atoms with Gasteiger partial charge in [0.25, 0.3) is 0 Å². The van der Waals surface area contributed by atoms with Crippen LogP contribution in [0.4, 0.5) is 5.82 Å². The minimum absolute atomic E-state index is 0.283. The molecule has 0 spiro atoms. The van der Waals surface area contributed by atoms with Crippen LogP contribution in [0.15, 0.2) is 24.5 Å². The lowest BCUT2D eigenvalue weighted by Gasteiger charge is -2.19. The zero-order valence-electron chi connectivity index (χ0n) is 12.8. The number of nitrogens with zero attached hydrogens (tertiary/aromatic N) is 3. The minimum Gasteiger partial charge on any atom is -0.494 e. The Bertz CT molecular complexity index is 791. The van der Waals surface area contributed by atoms with Gasteiger partial charge in [0.1, 0.15) is 23.4 Å². The van der Waals surface area contributed by atoms with Gasteiger partial charge in [-0.3, -0.25) is 8.99 Å². The van der Waals surface area contributed by atoms with Crippen LogP contribution in [-0.2, 0) is 9.73 Å². The number of rotatable bonds is 4. The number of para-hydroxylation sites is 1. The minimum atomic E-state index is -2.45. The van der Waals surface area contributed by atoms with Gasteiger partial charge in [-0.05, 0) is 24.5 Å². The first-order valence-electron chi connectivity index (χ1n) is 7.22. The smallest absolute Gasteiger partial charge is 0.145 e. The molecule has 2 aromatic rings. The van der Waals surface area contributed by atoms with E-state index in [0.717, 1.165) is 42.0 Å². The molecule has 1 N–H and O–H groups in total. The second kappa shape index (κ2) is 5.72. The fourth-order valence-electron chi connectivity index (χ4n) is 3.07. The number of ether oxygens (including phenoxy) is 1. The Kier molecular flexibility index (Phi) is 3.90. The Morgan fingerprint density at radius 1 is 1.45 bits per heavy atom. The SMILES string of the molecule is COc1cccc2c(N3CC[C@H](C[S@](C)(=N)=O)C3)ncnc12. The van der Waals surface area contributed by atoms with Crippen molar-refractivity contribution in [2.45, 2.75) is 6.42 Å². The molecule has 118 valence electrons. The maximum absolute atomic E-state index is 11.7. The van der Waals surface area contributed by atoms with Crippen LogP contribution >= 0.6 is 0 Å². The van der Waals surface area contributed by atoms with E-state index in [1.54, 1.807) is 13.4 Å². The van der Waals surface area contributed by atoms with E-state index in [1.807, 2.05) is 18.2 Å². The number of anilines is 1. The molecule has 1 aromatic carbocycles. The van der Waals surface area contributed by atoms with E-state index in [2.05, 4.69) is 14.9 Å². The average Bonchev–Trinajstić information content (AvgIpc) is 2.92. The van der Waals surface area contributed by atoms with Gasteiger partial charge in [-0.25, -0.2) is 9.97 Å². The highest BCUT2D eigenvalue weighted by Crippen LogP contribution is 2.32. The number of benzene rings is 1. The maximum atomic E-state index is 11.7. The Morgan fingerprint density at radius 2 is 2.27 bits per heavy atom. The molecule has 0 saturated carbocycles. The van der Waals surface area contributed by atoms with Crippen molar-refractivity contribution in [2.24, 2.45) is 5.92 Å². The molecule has 1 aliphatic heterocycles. The summed E-state index contributed by atoms with van der Waals surface area (Å²) in [6.45, 7) is 1.65. The van der Waals surface area contributed by atoms with E-state index in [9.17, 15) is 4.21 Å². The Labute approximate surface area is 130 Å². The Balaban J connectivity index is 1.92. The van der Waals surface area contributed by atoms with Crippen molar-refractivity contribution in [3.8, 4) is 5.75 Å². The quantitative estimate of drug-likeness (QED) is 0.933. The highest BCUT2D eigenvalue weighted by molar-refractivity contribution is 7.91. The second-order valence-electron chi connectivity index (χ2n) is 5.83. The van der Waals surface area contributed by atoms with Gasteiger partial charge < -0.3 is 9.64 Å². The van der Waals surface area contributed by atoms with Crippen molar-refractivity contribution in [1.82, 2.24) is 9.97 Å². The molecule has 1 saturated heterocycles. The van der Waals surface area contributed by atoms with Gasteiger partial charge in [0.05, 0.1) is 7.11 Å². The summed E-state index contributed by atoms with van der Waals surface area (Å²) in [5.41, 5.74) is 0.804. The van der Waals surface area contributed by atoms with Crippen molar-refractivity contribution in [3.63, 3.8) is 0 Å². The average molecular weight is 320 g/mol. The van der Waals surface area contributed by atoms with Gasteiger partial charge >= 0.3 is 0 Å². The normalized spacial score (nSPS) is 21.0. The van der Waals surface area contributed by atoms with Crippen molar-refractivity contribution in [3.05, 3.63) is 24.5 Å². The first-order valence-corrected chi connectivity index (χ1v) is 9.35. The van der Waals surface area contributed by atoms with Crippen LogP contribution in [0.5, 0.6) is 5.75 Å². The summed E-state index contributed by atoms with van der Waals surface area (Å²) in [5, 5.41) is 0.964. The van der Waals surface area contributed by atoms with Crippen LogP contribution in [0.1, 0.15) is 6.42 Å². The predicted molar refractivity (Wildman–Crippen MR) is 88.1 cm³/mol.